The van der Waals surface area contributed by atoms with Crippen molar-refractivity contribution < 1.29 is 10.2 Å². The average Bonchev–Trinajstić information content (AvgIpc) is 2.84. The first-order valence-corrected chi connectivity index (χ1v) is 17.0. The quantitative estimate of drug-likeness (QED) is 0.190. The molecule has 4 unspecified atom stereocenters. The summed E-state index contributed by atoms with van der Waals surface area (Å²) in [5.41, 5.74) is 4.25. The zero-order valence-corrected chi connectivity index (χ0v) is 29.0. The van der Waals surface area contributed by atoms with Gasteiger partial charge >= 0.3 is 0 Å². The second kappa shape index (κ2) is 17.0. The summed E-state index contributed by atoms with van der Waals surface area (Å²) < 4.78 is 0. The molecule has 2 rings (SSSR count). The van der Waals surface area contributed by atoms with Crippen molar-refractivity contribution in [1.29, 1.82) is 0 Å². The van der Waals surface area contributed by atoms with Gasteiger partial charge in [0, 0.05) is 5.92 Å². The molecule has 0 saturated carbocycles. The predicted octanol–water partition coefficient (Wildman–Crippen LogP) is 10.9. The molecule has 0 saturated heterocycles. The van der Waals surface area contributed by atoms with Gasteiger partial charge in [-0.3, -0.25) is 0 Å². The van der Waals surface area contributed by atoms with Crippen molar-refractivity contribution in [3.05, 3.63) is 71.4 Å². The minimum atomic E-state index is -0.300. The van der Waals surface area contributed by atoms with Gasteiger partial charge in [-0.2, -0.15) is 0 Å². The summed E-state index contributed by atoms with van der Waals surface area (Å²) in [4.78, 5) is 0. The Kier molecular flexibility index (Phi) is 14.8. The van der Waals surface area contributed by atoms with Crippen LogP contribution in [0, 0.1) is 40.4 Å². The number of allylic oxidation sites excluding steroid dienone is 10. The van der Waals surface area contributed by atoms with Crippen LogP contribution in [0.1, 0.15) is 127 Å². The van der Waals surface area contributed by atoms with Crippen molar-refractivity contribution in [3.63, 3.8) is 0 Å². The standard InChI is InChI=1S/C40H66O2/c1-29(17-13-19-31(3)21-23-37-33(5)25-35(41)27-39(37,7)8)15-11-12-16-30(2)18-14-20-32(4)22-24-38-34(6)26-36(42)28-40(38,9)10/h11,14-15,18,21-24,26,29-32,35-36,38,41-42H,12-13,16-17,19-20,25,27-28H2,1-10H3/b15-11+,18-14+,23-21+,24-22+/t29?,30?,31?,32?,35-,36-,38-/m0/s1. The molecule has 0 fully saturated rings. The molecule has 2 nitrogen and oxygen atoms in total. The fourth-order valence-corrected chi connectivity index (χ4v) is 7.24. The van der Waals surface area contributed by atoms with E-state index in [4.69, 9.17) is 0 Å². The molecule has 2 aliphatic rings. The number of aliphatic hydroxyl groups is 2. The molecule has 238 valence electrons. The van der Waals surface area contributed by atoms with Crippen molar-refractivity contribution in [1.82, 2.24) is 0 Å². The first-order valence-electron chi connectivity index (χ1n) is 17.0. The molecule has 0 bridgehead atoms. The predicted molar refractivity (Wildman–Crippen MR) is 184 cm³/mol. The first-order chi connectivity index (χ1) is 19.6. The third-order valence-corrected chi connectivity index (χ3v) is 9.77. The van der Waals surface area contributed by atoms with Crippen LogP contribution in [-0.4, -0.2) is 22.4 Å². The molecular weight excluding hydrogens is 512 g/mol. The fourth-order valence-electron chi connectivity index (χ4n) is 7.24. The Labute approximate surface area is 260 Å². The summed E-state index contributed by atoms with van der Waals surface area (Å²) in [5, 5.41) is 20.2. The van der Waals surface area contributed by atoms with Crippen LogP contribution in [-0.2, 0) is 0 Å². The van der Waals surface area contributed by atoms with Crippen molar-refractivity contribution in [2.75, 3.05) is 0 Å². The van der Waals surface area contributed by atoms with Crippen LogP contribution in [0.2, 0.25) is 0 Å². The highest BCUT2D eigenvalue weighted by molar-refractivity contribution is 5.33. The summed E-state index contributed by atoms with van der Waals surface area (Å²) in [5.74, 6) is 2.77. The molecule has 0 aromatic rings. The van der Waals surface area contributed by atoms with Gasteiger partial charge in [0.2, 0.25) is 0 Å². The van der Waals surface area contributed by atoms with Crippen LogP contribution in [0.25, 0.3) is 0 Å². The van der Waals surface area contributed by atoms with Crippen LogP contribution in [0.4, 0.5) is 0 Å². The molecule has 0 aromatic carbocycles. The van der Waals surface area contributed by atoms with E-state index in [-0.39, 0.29) is 23.0 Å². The SMILES string of the molecule is CC1=C[C@H](O)CC(C)(C)[C@H]1/C=C/C(C)C/C=C/C(C)CC/C=C/C(C)CCCC(C)/C=C/C1=C(C)C[C@H](O)CC1(C)C. The van der Waals surface area contributed by atoms with Gasteiger partial charge in [0.15, 0.2) is 0 Å². The Hall–Kier alpha value is -1.64. The third kappa shape index (κ3) is 12.5. The molecule has 0 aliphatic heterocycles. The molecule has 2 aliphatic carbocycles. The minimum Gasteiger partial charge on any atom is -0.393 e. The average molecular weight is 579 g/mol. The maximum absolute atomic E-state index is 10.1. The monoisotopic (exact) mass is 579 g/mol. The number of rotatable bonds is 15. The number of aliphatic hydroxyl groups excluding tert-OH is 2. The summed E-state index contributed by atoms with van der Waals surface area (Å²) in [6.45, 7) is 22.7. The smallest absolute Gasteiger partial charge is 0.0729 e. The molecular formula is C40H66O2. The van der Waals surface area contributed by atoms with Gasteiger partial charge in [-0.1, -0.05) is 128 Å². The fraction of sp³-hybridized carbons (Fsp3) is 0.700. The highest BCUT2D eigenvalue weighted by atomic mass is 16.3. The van der Waals surface area contributed by atoms with E-state index in [1.165, 1.54) is 42.4 Å². The lowest BCUT2D eigenvalue weighted by Gasteiger charge is -2.38. The second-order valence-corrected chi connectivity index (χ2v) is 15.5. The molecule has 2 N–H and O–H groups in total. The molecule has 7 atom stereocenters. The van der Waals surface area contributed by atoms with Gasteiger partial charge in [-0.25, -0.2) is 0 Å². The molecule has 0 aromatic heterocycles. The van der Waals surface area contributed by atoms with E-state index in [0.717, 1.165) is 32.1 Å². The van der Waals surface area contributed by atoms with Crippen LogP contribution >= 0.6 is 0 Å². The van der Waals surface area contributed by atoms with Crippen LogP contribution in [0.5, 0.6) is 0 Å². The van der Waals surface area contributed by atoms with E-state index < -0.39 is 0 Å². The maximum Gasteiger partial charge on any atom is 0.0729 e. The summed E-state index contributed by atoms with van der Waals surface area (Å²) >= 11 is 0. The van der Waals surface area contributed by atoms with Gasteiger partial charge < -0.3 is 10.2 Å². The number of hydrogen-bond donors (Lipinski definition) is 2. The van der Waals surface area contributed by atoms with E-state index in [2.05, 4.69) is 118 Å². The Morgan fingerprint density at radius 1 is 0.810 bits per heavy atom. The van der Waals surface area contributed by atoms with Crippen LogP contribution in [0.3, 0.4) is 0 Å². The summed E-state index contributed by atoms with van der Waals surface area (Å²) in [7, 11) is 0. The molecule has 0 spiro atoms. The van der Waals surface area contributed by atoms with Crippen LogP contribution < -0.4 is 0 Å². The van der Waals surface area contributed by atoms with E-state index >= 15 is 0 Å². The van der Waals surface area contributed by atoms with E-state index in [1.54, 1.807) is 0 Å². The van der Waals surface area contributed by atoms with Crippen molar-refractivity contribution >= 4 is 0 Å². The first kappa shape index (κ1) is 36.6. The highest BCUT2D eigenvalue weighted by Crippen LogP contribution is 2.42. The normalized spacial score (nSPS) is 27.7. The minimum absolute atomic E-state index is 0.0655. The lowest BCUT2D eigenvalue weighted by molar-refractivity contribution is 0.116. The Morgan fingerprint density at radius 3 is 2.07 bits per heavy atom. The zero-order chi connectivity index (χ0) is 31.5. The highest BCUT2D eigenvalue weighted by Gasteiger charge is 2.34. The van der Waals surface area contributed by atoms with Gasteiger partial charge in [0.25, 0.3) is 0 Å². The molecule has 42 heavy (non-hydrogen) atoms. The van der Waals surface area contributed by atoms with Crippen LogP contribution in [0.15, 0.2) is 71.4 Å². The van der Waals surface area contributed by atoms with Gasteiger partial charge in [-0.15, -0.1) is 0 Å². The Bertz CT molecular complexity index is 1000. The largest absolute Gasteiger partial charge is 0.393 e. The zero-order valence-electron chi connectivity index (χ0n) is 29.0. The Morgan fingerprint density at radius 2 is 1.43 bits per heavy atom. The van der Waals surface area contributed by atoms with E-state index in [1.807, 2.05) is 6.08 Å². The van der Waals surface area contributed by atoms with Gasteiger partial charge in [0.1, 0.15) is 0 Å². The van der Waals surface area contributed by atoms with Gasteiger partial charge in [-0.05, 0) is 105 Å². The number of hydrogen-bond acceptors (Lipinski definition) is 2. The van der Waals surface area contributed by atoms with E-state index in [0.29, 0.717) is 29.6 Å². The summed E-state index contributed by atoms with van der Waals surface area (Å²) in [6, 6.07) is 0. The summed E-state index contributed by atoms with van der Waals surface area (Å²) in [6.07, 6.45) is 30.3. The van der Waals surface area contributed by atoms with Crippen molar-refractivity contribution in [2.24, 2.45) is 40.4 Å². The molecule has 2 heteroatoms. The van der Waals surface area contributed by atoms with Gasteiger partial charge in [0.05, 0.1) is 12.2 Å². The molecule has 0 radical (unpaired) electrons. The lowest BCUT2D eigenvalue weighted by Crippen LogP contribution is -2.32. The molecule has 0 amide bonds. The topological polar surface area (TPSA) is 40.5 Å². The van der Waals surface area contributed by atoms with Crippen molar-refractivity contribution in [2.45, 2.75) is 139 Å². The second-order valence-electron chi connectivity index (χ2n) is 15.5. The van der Waals surface area contributed by atoms with E-state index in [9.17, 15) is 10.2 Å². The van der Waals surface area contributed by atoms with Crippen molar-refractivity contribution in [3.8, 4) is 0 Å². The third-order valence-electron chi connectivity index (χ3n) is 9.77. The molecule has 0 heterocycles. The Balaban J connectivity index is 1.64. The maximum atomic E-state index is 10.1. The lowest BCUT2D eigenvalue weighted by atomic mass is 9.67.